The normalized spacial score (nSPS) is 10.0. The van der Waals surface area contributed by atoms with Crippen molar-refractivity contribution in [1.29, 1.82) is 0 Å². The Bertz CT molecular complexity index is 170. The maximum atomic E-state index is 10.5. The Morgan fingerprint density at radius 2 is 2.09 bits per heavy atom. The summed E-state index contributed by atoms with van der Waals surface area (Å²) in [6.07, 6.45) is 4.01. The summed E-state index contributed by atoms with van der Waals surface area (Å²) in [7, 11) is 1.34. The molecular formula is C8H12O3. The monoisotopic (exact) mass is 156 g/mol. The molecule has 11 heavy (non-hydrogen) atoms. The van der Waals surface area contributed by atoms with Crippen LogP contribution in [0.5, 0.6) is 0 Å². The number of allylic oxidation sites excluding steroid dienone is 2. The Morgan fingerprint density at radius 3 is 2.55 bits per heavy atom. The van der Waals surface area contributed by atoms with Crippen molar-refractivity contribution in [2.75, 3.05) is 7.11 Å². The molecule has 0 amide bonds. The Balaban J connectivity index is 3.41. The average molecular weight is 156 g/mol. The molecular weight excluding hydrogens is 144 g/mol. The van der Waals surface area contributed by atoms with Crippen molar-refractivity contribution in [2.45, 2.75) is 19.8 Å². The molecule has 0 saturated heterocycles. The van der Waals surface area contributed by atoms with Crippen LogP contribution in [0.4, 0.5) is 0 Å². The standard InChI is InChI=1S/C8H12O3/c1-7(9)5-3-4-6-8(10)11-2/h3,5H,4,6H2,1-2H3/b5-3+. The Morgan fingerprint density at radius 1 is 1.45 bits per heavy atom. The largest absolute Gasteiger partial charge is 0.469 e. The fraction of sp³-hybridized carbons (Fsp3) is 0.500. The van der Waals surface area contributed by atoms with Crippen LogP contribution >= 0.6 is 0 Å². The second-order valence-electron chi connectivity index (χ2n) is 2.13. The highest BCUT2D eigenvalue weighted by Crippen LogP contribution is 1.92. The van der Waals surface area contributed by atoms with E-state index in [0.29, 0.717) is 12.8 Å². The van der Waals surface area contributed by atoms with Crippen molar-refractivity contribution < 1.29 is 14.3 Å². The first-order valence-electron chi connectivity index (χ1n) is 3.40. The first kappa shape index (κ1) is 9.88. The third-order valence-electron chi connectivity index (χ3n) is 1.10. The van der Waals surface area contributed by atoms with E-state index in [-0.39, 0.29) is 11.8 Å². The smallest absolute Gasteiger partial charge is 0.305 e. The van der Waals surface area contributed by atoms with E-state index in [1.165, 1.54) is 20.1 Å². The number of hydrogen-bond donors (Lipinski definition) is 0. The summed E-state index contributed by atoms with van der Waals surface area (Å²) in [6, 6.07) is 0. The first-order chi connectivity index (χ1) is 5.16. The molecule has 0 N–H and O–H groups in total. The van der Waals surface area contributed by atoms with Gasteiger partial charge in [-0.25, -0.2) is 0 Å². The fourth-order valence-corrected chi connectivity index (χ4v) is 0.553. The Labute approximate surface area is 66.0 Å². The summed E-state index contributed by atoms with van der Waals surface area (Å²) in [6.45, 7) is 1.47. The number of carbonyl (C=O) groups excluding carboxylic acids is 2. The molecule has 0 spiro atoms. The summed E-state index contributed by atoms with van der Waals surface area (Å²) < 4.78 is 4.40. The summed E-state index contributed by atoms with van der Waals surface area (Å²) in [5.41, 5.74) is 0. The second-order valence-corrected chi connectivity index (χ2v) is 2.13. The third-order valence-corrected chi connectivity index (χ3v) is 1.10. The molecule has 0 rings (SSSR count). The molecule has 0 aliphatic carbocycles. The van der Waals surface area contributed by atoms with E-state index in [0.717, 1.165) is 0 Å². The lowest BCUT2D eigenvalue weighted by Gasteiger charge is -1.92. The van der Waals surface area contributed by atoms with Crippen LogP contribution in [0.1, 0.15) is 19.8 Å². The lowest BCUT2D eigenvalue weighted by atomic mass is 10.2. The van der Waals surface area contributed by atoms with E-state index in [4.69, 9.17) is 0 Å². The fourth-order valence-electron chi connectivity index (χ4n) is 0.553. The van der Waals surface area contributed by atoms with Crippen LogP contribution in [-0.4, -0.2) is 18.9 Å². The number of hydrogen-bond acceptors (Lipinski definition) is 3. The number of ether oxygens (including phenoxy) is 1. The highest BCUT2D eigenvalue weighted by atomic mass is 16.5. The minimum atomic E-state index is -0.252. The number of rotatable bonds is 4. The SMILES string of the molecule is COC(=O)CC/C=C/C(C)=O. The van der Waals surface area contributed by atoms with Gasteiger partial charge >= 0.3 is 5.97 Å². The number of carbonyl (C=O) groups is 2. The van der Waals surface area contributed by atoms with E-state index in [1.807, 2.05) is 0 Å². The maximum absolute atomic E-state index is 10.5. The van der Waals surface area contributed by atoms with E-state index in [9.17, 15) is 9.59 Å². The summed E-state index contributed by atoms with van der Waals surface area (Å²) in [5, 5.41) is 0. The van der Waals surface area contributed by atoms with Crippen molar-refractivity contribution in [3.05, 3.63) is 12.2 Å². The van der Waals surface area contributed by atoms with E-state index in [1.54, 1.807) is 6.08 Å². The molecule has 0 aromatic heterocycles. The van der Waals surface area contributed by atoms with Crippen LogP contribution in [0.25, 0.3) is 0 Å². The predicted molar refractivity (Wildman–Crippen MR) is 41.1 cm³/mol. The van der Waals surface area contributed by atoms with Gasteiger partial charge in [0, 0.05) is 6.42 Å². The first-order valence-corrected chi connectivity index (χ1v) is 3.40. The predicted octanol–water partition coefficient (Wildman–Crippen LogP) is 1.08. The van der Waals surface area contributed by atoms with Gasteiger partial charge in [0.15, 0.2) is 5.78 Å². The van der Waals surface area contributed by atoms with E-state index in [2.05, 4.69) is 4.74 Å². The summed E-state index contributed by atoms with van der Waals surface area (Å²) in [4.78, 5) is 20.9. The van der Waals surface area contributed by atoms with Crippen LogP contribution in [0, 0.1) is 0 Å². The number of methoxy groups -OCH3 is 1. The van der Waals surface area contributed by atoms with Crippen molar-refractivity contribution in [3.8, 4) is 0 Å². The highest BCUT2D eigenvalue weighted by molar-refractivity contribution is 5.87. The van der Waals surface area contributed by atoms with E-state index < -0.39 is 0 Å². The molecule has 3 nitrogen and oxygen atoms in total. The molecule has 0 unspecified atom stereocenters. The topological polar surface area (TPSA) is 43.4 Å². The zero-order chi connectivity index (χ0) is 8.69. The number of esters is 1. The van der Waals surface area contributed by atoms with Gasteiger partial charge in [-0.15, -0.1) is 0 Å². The van der Waals surface area contributed by atoms with Crippen LogP contribution in [0.3, 0.4) is 0 Å². The van der Waals surface area contributed by atoms with Gasteiger partial charge in [-0.3, -0.25) is 9.59 Å². The molecule has 0 radical (unpaired) electrons. The van der Waals surface area contributed by atoms with Crippen molar-refractivity contribution >= 4 is 11.8 Å². The van der Waals surface area contributed by atoms with Crippen molar-refractivity contribution in [3.63, 3.8) is 0 Å². The summed E-state index contributed by atoms with van der Waals surface area (Å²) in [5.74, 6) is -0.256. The van der Waals surface area contributed by atoms with Gasteiger partial charge in [-0.2, -0.15) is 0 Å². The average Bonchev–Trinajstić information content (AvgIpc) is 1.97. The van der Waals surface area contributed by atoms with Crippen LogP contribution in [0.15, 0.2) is 12.2 Å². The molecule has 0 saturated carbocycles. The van der Waals surface area contributed by atoms with Crippen LogP contribution in [0.2, 0.25) is 0 Å². The maximum Gasteiger partial charge on any atom is 0.305 e. The van der Waals surface area contributed by atoms with Crippen LogP contribution < -0.4 is 0 Å². The highest BCUT2D eigenvalue weighted by Gasteiger charge is 1.95. The molecule has 0 aliphatic rings. The van der Waals surface area contributed by atoms with E-state index >= 15 is 0 Å². The van der Waals surface area contributed by atoms with Gasteiger partial charge in [0.25, 0.3) is 0 Å². The quantitative estimate of drug-likeness (QED) is 0.452. The molecule has 0 atom stereocenters. The minimum Gasteiger partial charge on any atom is -0.469 e. The third kappa shape index (κ3) is 6.77. The molecule has 0 aromatic carbocycles. The molecule has 0 heterocycles. The van der Waals surface area contributed by atoms with Crippen LogP contribution in [-0.2, 0) is 14.3 Å². The molecule has 0 aromatic rings. The number of ketones is 1. The van der Waals surface area contributed by atoms with Gasteiger partial charge in [0.05, 0.1) is 7.11 Å². The Hall–Kier alpha value is -1.12. The van der Waals surface area contributed by atoms with Crippen molar-refractivity contribution in [2.24, 2.45) is 0 Å². The second kappa shape index (κ2) is 5.65. The Kier molecular flexibility index (Phi) is 5.07. The van der Waals surface area contributed by atoms with Gasteiger partial charge in [-0.1, -0.05) is 6.08 Å². The zero-order valence-electron chi connectivity index (χ0n) is 6.79. The lowest BCUT2D eigenvalue weighted by molar-refractivity contribution is -0.140. The minimum absolute atomic E-state index is 0.00475. The molecule has 0 fully saturated rings. The van der Waals surface area contributed by atoms with Gasteiger partial charge in [-0.05, 0) is 19.4 Å². The molecule has 62 valence electrons. The molecule has 3 heteroatoms. The van der Waals surface area contributed by atoms with Gasteiger partial charge in [0.1, 0.15) is 0 Å². The summed E-state index contributed by atoms with van der Waals surface area (Å²) >= 11 is 0. The van der Waals surface area contributed by atoms with Crippen molar-refractivity contribution in [1.82, 2.24) is 0 Å². The molecule has 0 aliphatic heterocycles. The lowest BCUT2D eigenvalue weighted by Crippen LogP contribution is -1.98. The van der Waals surface area contributed by atoms with Gasteiger partial charge < -0.3 is 4.74 Å². The molecule has 0 bridgehead atoms. The zero-order valence-corrected chi connectivity index (χ0v) is 6.79. The van der Waals surface area contributed by atoms with Gasteiger partial charge in [0.2, 0.25) is 0 Å².